The maximum atomic E-state index is 4.33. The highest BCUT2D eigenvalue weighted by Crippen LogP contribution is 2.46. The SMILES string of the molecule is C1=C(c2cccnc2)CCc2c1sc1ccc3c(ccc4sc5cc(-c6cccnc6)ccc5c43)c21. The molecule has 0 N–H and O–H groups in total. The predicted octanol–water partition coefficient (Wildman–Crippen LogP) is 9.37. The van der Waals surface area contributed by atoms with Crippen molar-refractivity contribution in [2.24, 2.45) is 0 Å². The monoisotopic (exact) mass is 496 g/mol. The Bertz CT molecular complexity index is 1980. The molecule has 0 fully saturated rings. The number of pyridine rings is 2. The van der Waals surface area contributed by atoms with Gasteiger partial charge in [-0.25, -0.2) is 0 Å². The second kappa shape index (κ2) is 7.82. The van der Waals surface area contributed by atoms with Crippen molar-refractivity contribution in [3.8, 4) is 11.1 Å². The van der Waals surface area contributed by atoms with Gasteiger partial charge < -0.3 is 0 Å². The maximum Gasteiger partial charge on any atom is 0.0361 e. The second-order valence-electron chi connectivity index (χ2n) is 9.38. The number of rotatable bonds is 2. The van der Waals surface area contributed by atoms with Crippen LogP contribution in [0.1, 0.15) is 22.4 Å². The lowest BCUT2D eigenvalue weighted by molar-refractivity contribution is 1.02. The van der Waals surface area contributed by atoms with Gasteiger partial charge in [-0.05, 0) is 82.3 Å². The van der Waals surface area contributed by atoms with Crippen molar-refractivity contribution in [2.45, 2.75) is 12.8 Å². The van der Waals surface area contributed by atoms with Crippen LogP contribution in [0.5, 0.6) is 0 Å². The van der Waals surface area contributed by atoms with Crippen LogP contribution in [0.2, 0.25) is 0 Å². The summed E-state index contributed by atoms with van der Waals surface area (Å²) in [6, 6.07) is 24.5. The average Bonchev–Trinajstić information content (AvgIpc) is 3.51. The minimum atomic E-state index is 1.06. The molecule has 0 aliphatic heterocycles. The van der Waals surface area contributed by atoms with E-state index < -0.39 is 0 Å². The van der Waals surface area contributed by atoms with E-state index in [1.54, 1.807) is 0 Å². The van der Waals surface area contributed by atoms with Gasteiger partial charge in [0.15, 0.2) is 0 Å². The number of thiophene rings is 2. The molecule has 0 saturated heterocycles. The summed E-state index contributed by atoms with van der Waals surface area (Å²) in [4.78, 5) is 10.0. The molecule has 4 heteroatoms. The van der Waals surface area contributed by atoms with Crippen LogP contribution in [-0.2, 0) is 6.42 Å². The molecule has 0 bridgehead atoms. The highest BCUT2D eigenvalue weighted by Gasteiger charge is 2.20. The molecule has 170 valence electrons. The Balaban J connectivity index is 1.34. The van der Waals surface area contributed by atoms with E-state index in [4.69, 9.17) is 0 Å². The van der Waals surface area contributed by atoms with Gasteiger partial charge in [-0.15, -0.1) is 22.7 Å². The summed E-state index contributed by atoms with van der Waals surface area (Å²) < 4.78 is 4.06. The zero-order chi connectivity index (χ0) is 23.6. The minimum Gasteiger partial charge on any atom is -0.264 e. The molecule has 1 aliphatic rings. The first-order chi connectivity index (χ1) is 17.8. The van der Waals surface area contributed by atoms with E-state index in [1.807, 2.05) is 59.6 Å². The van der Waals surface area contributed by atoms with E-state index in [1.165, 1.54) is 68.2 Å². The van der Waals surface area contributed by atoms with Gasteiger partial charge in [0.2, 0.25) is 0 Å². The predicted molar refractivity (Wildman–Crippen MR) is 156 cm³/mol. The Labute approximate surface area is 216 Å². The minimum absolute atomic E-state index is 1.06. The second-order valence-corrected chi connectivity index (χ2v) is 11.6. The Morgan fingerprint density at radius 1 is 0.583 bits per heavy atom. The molecule has 0 radical (unpaired) electrons. The summed E-state index contributed by atoms with van der Waals surface area (Å²) in [6.45, 7) is 0. The van der Waals surface area contributed by atoms with E-state index in [0.717, 1.165) is 18.4 Å². The number of nitrogens with zero attached hydrogens (tertiary/aromatic N) is 2. The Kier molecular flexibility index (Phi) is 4.42. The normalized spacial score (nSPS) is 13.5. The zero-order valence-electron chi connectivity index (χ0n) is 19.4. The fraction of sp³-hybridized carbons (Fsp3) is 0.0625. The third-order valence-electron chi connectivity index (χ3n) is 7.39. The molecule has 0 atom stereocenters. The first kappa shape index (κ1) is 20.3. The smallest absolute Gasteiger partial charge is 0.0361 e. The number of fused-ring (bicyclic) bond motifs is 9. The van der Waals surface area contributed by atoms with Crippen molar-refractivity contribution >= 4 is 75.4 Å². The van der Waals surface area contributed by atoms with Crippen molar-refractivity contribution in [3.05, 3.63) is 108 Å². The summed E-state index contributed by atoms with van der Waals surface area (Å²) in [7, 11) is 0. The molecular weight excluding hydrogens is 477 g/mol. The number of allylic oxidation sites excluding steroid dienone is 1. The van der Waals surface area contributed by atoms with Gasteiger partial charge in [-0.3, -0.25) is 9.97 Å². The lowest BCUT2D eigenvalue weighted by Crippen LogP contribution is -1.96. The van der Waals surface area contributed by atoms with Crippen molar-refractivity contribution in [2.75, 3.05) is 0 Å². The molecule has 0 amide bonds. The van der Waals surface area contributed by atoms with E-state index in [2.05, 4.69) is 70.6 Å². The molecular formula is C32H20N2S2. The van der Waals surface area contributed by atoms with E-state index >= 15 is 0 Å². The number of aromatic nitrogens is 2. The molecule has 0 spiro atoms. The summed E-state index contributed by atoms with van der Waals surface area (Å²) in [6.07, 6.45) is 12.1. The molecule has 0 unspecified atom stereocenters. The fourth-order valence-corrected chi connectivity index (χ4v) is 8.11. The first-order valence-electron chi connectivity index (χ1n) is 12.2. The standard InChI is InChI=1S/C32H20N2S2/c1-3-21(17-33-13-1)19-5-7-25-29(15-19)35-27-11-9-24-23(31(25)27)10-12-28-32(24)26-8-6-20(16-30(26)36-28)22-4-2-14-34-18-22/h1-5,7,9-18H,6,8H2. The molecule has 2 nitrogen and oxygen atoms in total. The highest BCUT2D eigenvalue weighted by molar-refractivity contribution is 7.26. The average molecular weight is 497 g/mol. The fourth-order valence-electron chi connectivity index (χ4n) is 5.71. The number of aryl methyl sites for hydroxylation is 1. The van der Waals surface area contributed by atoms with Crippen molar-refractivity contribution in [3.63, 3.8) is 0 Å². The molecule has 36 heavy (non-hydrogen) atoms. The third kappa shape index (κ3) is 3.01. The third-order valence-corrected chi connectivity index (χ3v) is 9.65. The van der Waals surface area contributed by atoms with Gasteiger partial charge in [0, 0.05) is 65.5 Å². The largest absolute Gasteiger partial charge is 0.264 e. The zero-order valence-corrected chi connectivity index (χ0v) is 21.0. The number of benzene rings is 3. The maximum absolute atomic E-state index is 4.33. The summed E-state index contributed by atoms with van der Waals surface area (Å²) in [5, 5.41) is 6.92. The highest BCUT2D eigenvalue weighted by atomic mass is 32.1. The van der Waals surface area contributed by atoms with E-state index in [9.17, 15) is 0 Å². The van der Waals surface area contributed by atoms with E-state index in [-0.39, 0.29) is 0 Å². The van der Waals surface area contributed by atoms with Crippen LogP contribution in [0, 0.1) is 0 Å². The van der Waals surface area contributed by atoms with Crippen molar-refractivity contribution < 1.29 is 0 Å². The molecule has 0 saturated carbocycles. The lowest BCUT2D eigenvalue weighted by Gasteiger charge is -2.14. The molecule has 4 heterocycles. The van der Waals surface area contributed by atoms with Crippen molar-refractivity contribution in [1.82, 2.24) is 9.97 Å². The Morgan fingerprint density at radius 2 is 1.31 bits per heavy atom. The van der Waals surface area contributed by atoms with Crippen molar-refractivity contribution in [1.29, 1.82) is 0 Å². The van der Waals surface area contributed by atoms with Crippen LogP contribution in [-0.4, -0.2) is 9.97 Å². The van der Waals surface area contributed by atoms with E-state index in [0.29, 0.717) is 0 Å². The van der Waals surface area contributed by atoms with Crippen LogP contribution >= 0.6 is 22.7 Å². The van der Waals surface area contributed by atoms with Crippen LogP contribution in [0.25, 0.3) is 63.8 Å². The quantitative estimate of drug-likeness (QED) is 0.238. The van der Waals surface area contributed by atoms with Crippen LogP contribution < -0.4 is 0 Å². The Hall–Kier alpha value is -3.86. The van der Waals surface area contributed by atoms with Gasteiger partial charge >= 0.3 is 0 Å². The molecule has 8 rings (SSSR count). The topological polar surface area (TPSA) is 25.8 Å². The molecule has 4 aromatic heterocycles. The van der Waals surface area contributed by atoms with Crippen LogP contribution in [0.4, 0.5) is 0 Å². The Morgan fingerprint density at radius 3 is 2.08 bits per heavy atom. The number of hydrogen-bond acceptors (Lipinski definition) is 4. The van der Waals surface area contributed by atoms with Gasteiger partial charge in [0.25, 0.3) is 0 Å². The molecule has 1 aliphatic carbocycles. The lowest BCUT2D eigenvalue weighted by atomic mass is 9.90. The first-order valence-corrected chi connectivity index (χ1v) is 13.8. The van der Waals surface area contributed by atoms with Gasteiger partial charge in [0.1, 0.15) is 0 Å². The summed E-state index contributed by atoms with van der Waals surface area (Å²) in [5.74, 6) is 0. The number of hydrogen-bond donors (Lipinski definition) is 0. The van der Waals surface area contributed by atoms with Crippen LogP contribution in [0.15, 0.2) is 91.5 Å². The van der Waals surface area contributed by atoms with Crippen LogP contribution in [0.3, 0.4) is 0 Å². The molecule has 3 aromatic carbocycles. The summed E-state index contributed by atoms with van der Waals surface area (Å²) >= 11 is 3.81. The van der Waals surface area contributed by atoms with Gasteiger partial charge in [-0.2, -0.15) is 0 Å². The summed E-state index contributed by atoms with van der Waals surface area (Å²) in [5.41, 5.74) is 6.51. The molecule has 7 aromatic rings. The van der Waals surface area contributed by atoms with Gasteiger partial charge in [0.05, 0.1) is 0 Å². The van der Waals surface area contributed by atoms with Gasteiger partial charge in [-0.1, -0.05) is 36.4 Å².